The fraction of sp³-hybridized carbons (Fsp3) is 0.500. The maximum atomic E-state index is 12.1. The Morgan fingerprint density at radius 1 is 1.44 bits per heavy atom. The Hall–Kier alpha value is -1.98. The Bertz CT molecular complexity index is 426. The van der Waals surface area contributed by atoms with Crippen molar-refractivity contribution in [3.05, 3.63) is 12.2 Å². The predicted octanol–water partition coefficient (Wildman–Crippen LogP) is -0.506. The summed E-state index contributed by atoms with van der Waals surface area (Å²) in [6.07, 6.45) is 5.67. The normalized spacial score (nSPS) is 27.3. The van der Waals surface area contributed by atoms with Crippen molar-refractivity contribution >= 4 is 23.9 Å². The number of nitrogens with zero attached hydrogens (tertiary/aromatic N) is 2. The Balaban J connectivity index is 2.01. The number of nitrogens with two attached hydrogens (primary N) is 1. The number of likely N-dealkylation sites (tertiary alicyclic amines) is 1. The van der Waals surface area contributed by atoms with E-state index in [9.17, 15) is 14.4 Å². The minimum atomic E-state index is -0.505. The summed E-state index contributed by atoms with van der Waals surface area (Å²) in [6.45, 7) is 0.981. The van der Waals surface area contributed by atoms with E-state index in [4.69, 9.17) is 5.73 Å². The molecule has 6 nitrogen and oxygen atoms in total. The van der Waals surface area contributed by atoms with Gasteiger partial charge in [-0.2, -0.15) is 0 Å². The highest BCUT2D eigenvalue weighted by atomic mass is 16.2. The van der Waals surface area contributed by atoms with E-state index in [0.29, 0.717) is 13.1 Å². The van der Waals surface area contributed by atoms with Crippen LogP contribution in [0.15, 0.2) is 17.1 Å². The van der Waals surface area contributed by atoms with E-state index in [1.165, 1.54) is 18.4 Å². The summed E-state index contributed by atoms with van der Waals surface area (Å²) in [5, 5.41) is 0. The van der Waals surface area contributed by atoms with Gasteiger partial charge in [-0.05, 0) is 12.8 Å². The van der Waals surface area contributed by atoms with Gasteiger partial charge in [0.25, 0.3) is 5.91 Å². The van der Waals surface area contributed by atoms with Crippen LogP contribution in [0.1, 0.15) is 12.8 Å². The van der Waals surface area contributed by atoms with Crippen molar-refractivity contribution in [1.29, 1.82) is 0 Å². The van der Waals surface area contributed by atoms with Gasteiger partial charge < -0.3 is 10.6 Å². The van der Waals surface area contributed by atoms with Crippen LogP contribution in [0.5, 0.6) is 0 Å². The molecular formula is C12H15N3O3. The summed E-state index contributed by atoms with van der Waals surface area (Å²) in [6, 6.07) is 0. The van der Waals surface area contributed by atoms with Gasteiger partial charge in [0.15, 0.2) is 0 Å². The standard InChI is InChI=1S/C12H15N3O3/c13-11(17)9-2-1-5-15(7-9)12(18)8-3-4-10(16)14-6-8/h3-4,6,8-9H,1-2,5,7H2,(H2,13,17). The number of hydrogen-bond acceptors (Lipinski definition) is 3. The molecular weight excluding hydrogens is 234 g/mol. The molecule has 1 saturated heterocycles. The molecule has 2 rings (SSSR count). The molecule has 2 unspecified atom stereocenters. The van der Waals surface area contributed by atoms with E-state index in [1.54, 1.807) is 4.90 Å². The van der Waals surface area contributed by atoms with Gasteiger partial charge >= 0.3 is 0 Å². The molecule has 0 saturated carbocycles. The largest absolute Gasteiger partial charge is 0.369 e. The van der Waals surface area contributed by atoms with Crippen LogP contribution in [0.4, 0.5) is 0 Å². The number of hydrogen-bond donors (Lipinski definition) is 1. The SMILES string of the molecule is NC(=O)C1CCCN(C(=O)C2C=CC(=O)N=C2)C1. The predicted molar refractivity (Wildman–Crippen MR) is 64.6 cm³/mol. The first kappa shape index (κ1) is 12.5. The molecule has 0 aromatic heterocycles. The first-order valence-electron chi connectivity index (χ1n) is 5.92. The minimum Gasteiger partial charge on any atom is -0.369 e. The topological polar surface area (TPSA) is 92.8 Å². The number of primary amides is 1. The van der Waals surface area contributed by atoms with Crippen LogP contribution < -0.4 is 5.73 Å². The van der Waals surface area contributed by atoms with Crippen LogP contribution >= 0.6 is 0 Å². The second kappa shape index (κ2) is 5.12. The molecule has 2 aliphatic heterocycles. The smallest absolute Gasteiger partial charge is 0.269 e. The van der Waals surface area contributed by atoms with Crippen LogP contribution in [0, 0.1) is 11.8 Å². The Morgan fingerprint density at radius 3 is 2.83 bits per heavy atom. The van der Waals surface area contributed by atoms with Gasteiger partial charge in [0.2, 0.25) is 11.8 Å². The van der Waals surface area contributed by atoms with Crippen LogP contribution in [0.3, 0.4) is 0 Å². The lowest BCUT2D eigenvalue weighted by Crippen LogP contribution is -2.46. The fourth-order valence-electron chi connectivity index (χ4n) is 2.20. The van der Waals surface area contributed by atoms with Crippen molar-refractivity contribution in [2.75, 3.05) is 13.1 Å². The molecule has 0 aromatic carbocycles. The summed E-state index contributed by atoms with van der Waals surface area (Å²) in [5.41, 5.74) is 5.26. The Morgan fingerprint density at radius 2 is 2.22 bits per heavy atom. The Kier molecular flexibility index (Phi) is 3.55. The molecule has 2 atom stereocenters. The second-order valence-electron chi connectivity index (χ2n) is 4.53. The van der Waals surface area contributed by atoms with Crippen LogP contribution in [0.25, 0.3) is 0 Å². The lowest BCUT2D eigenvalue weighted by molar-refractivity contribution is -0.135. The molecule has 18 heavy (non-hydrogen) atoms. The second-order valence-corrected chi connectivity index (χ2v) is 4.53. The highest BCUT2D eigenvalue weighted by Gasteiger charge is 2.30. The lowest BCUT2D eigenvalue weighted by Gasteiger charge is -2.32. The molecule has 2 heterocycles. The van der Waals surface area contributed by atoms with Gasteiger partial charge in [0, 0.05) is 25.4 Å². The van der Waals surface area contributed by atoms with E-state index >= 15 is 0 Å². The van der Waals surface area contributed by atoms with Crippen molar-refractivity contribution in [2.45, 2.75) is 12.8 Å². The molecule has 0 spiro atoms. The minimum absolute atomic E-state index is 0.131. The molecule has 0 aliphatic carbocycles. The van der Waals surface area contributed by atoms with Gasteiger partial charge in [0.1, 0.15) is 0 Å². The fourth-order valence-corrected chi connectivity index (χ4v) is 2.20. The first-order chi connectivity index (χ1) is 8.58. The van der Waals surface area contributed by atoms with E-state index in [0.717, 1.165) is 12.8 Å². The van der Waals surface area contributed by atoms with Crippen LogP contribution in [-0.4, -0.2) is 41.9 Å². The van der Waals surface area contributed by atoms with Crippen LogP contribution in [0.2, 0.25) is 0 Å². The molecule has 1 fully saturated rings. The molecule has 2 N–H and O–H groups in total. The van der Waals surface area contributed by atoms with Gasteiger partial charge in [-0.25, -0.2) is 4.99 Å². The molecule has 96 valence electrons. The third kappa shape index (κ3) is 2.64. The van der Waals surface area contributed by atoms with Gasteiger partial charge in [0.05, 0.1) is 11.8 Å². The number of amides is 3. The molecule has 0 aromatic rings. The highest BCUT2D eigenvalue weighted by Crippen LogP contribution is 2.18. The third-order valence-electron chi connectivity index (χ3n) is 3.23. The van der Waals surface area contributed by atoms with Crippen LogP contribution in [-0.2, 0) is 14.4 Å². The van der Waals surface area contributed by atoms with E-state index in [1.807, 2.05) is 0 Å². The number of aliphatic imine (C=N–C) groups is 1. The van der Waals surface area contributed by atoms with E-state index in [2.05, 4.69) is 4.99 Å². The monoisotopic (exact) mass is 249 g/mol. The summed E-state index contributed by atoms with van der Waals surface area (Å²) >= 11 is 0. The summed E-state index contributed by atoms with van der Waals surface area (Å²) < 4.78 is 0. The number of rotatable bonds is 2. The maximum Gasteiger partial charge on any atom is 0.269 e. The zero-order valence-electron chi connectivity index (χ0n) is 9.91. The van der Waals surface area contributed by atoms with Gasteiger partial charge in [-0.3, -0.25) is 14.4 Å². The van der Waals surface area contributed by atoms with Crippen molar-refractivity contribution in [3.63, 3.8) is 0 Å². The van der Waals surface area contributed by atoms with E-state index < -0.39 is 5.92 Å². The average Bonchev–Trinajstić information content (AvgIpc) is 2.39. The zero-order chi connectivity index (χ0) is 13.1. The zero-order valence-corrected chi connectivity index (χ0v) is 9.91. The summed E-state index contributed by atoms with van der Waals surface area (Å²) in [5.74, 6) is -1.63. The molecule has 0 bridgehead atoms. The molecule has 2 aliphatic rings. The van der Waals surface area contributed by atoms with Crippen molar-refractivity contribution in [1.82, 2.24) is 4.90 Å². The number of dihydropyridines is 1. The van der Waals surface area contributed by atoms with Crippen molar-refractivity contribution in [3.8, 4) is 0 Å². The highest BCUT2D eigenvalue weighted by molar-refractivity contribution is 6.05. The van der Waals surface area contributed by atoms with Crippen molar-refractivity contribution in [2.24, 2.45) is 22.6 Å². The maximum absolute atomic E-state index is 12.1. The Labute approximate surface area is 105 Å². The summed E-state index contributed by atoms with van der Waals surface area (Å²) in [4.78, 5) is 39.4. The lowest BCUT2D eigenvalue weighted by atomic mass is 9.96. The first-order valence-corrected chi connectivity index (χ1v) is 5.92. The number of carbonyl (C=O) groups excluding carboxylic acids is 3. The average molecular weight is 249 g/mol. The number of piperidine rings is 1. The van der Waals surface area contributed by atoms with E-state index in [-0.39, 0.29) is 23.6 Å². The third-order valence-corrected chi connectivity index (χ3v) is 3.23. The number of carbonyl (C=O) groups is 3. The quantitative estimate of drug-likeness (QED) is 0.714. The molecule has 3 amide bonds. The molecule has 6 heteroatoms. The van der Waals surface area contributed by atoms with Gasteiger partial charge in [-0.15, -0.1) is 0 Å². The van der Waals surface area contributed by atoms with Gasteiger partial charge in [-0.1, -0.05) is 6.08 Å². The molecule has 0 radical (unpaired) electrons. The summed E-state index contributed by atoms with van der Waals surface area (Å²) in [7, 11) is 0. The van der Waals surface area contributed by atoms with Crippen molar-refractivity contribution < 1.29 is 14.4 Å².